The standard InChI is InChI=1S/C7H6F8O2/c1-3(16)17-2-5(10,11)7(14,15)6(12,13)4(8)9/h4H,2H2,1H3. The van der Waals surface area contributed by atoms with E-state index < -0.39 is 36.8 Å². The summed E-state index contributed by atoms with van der Waals surface area (Å²) in [6.45, 7) is -1.86. The second kappa shape index (κ2) is 4.65. The molecule has 0 atom stereocenters. The lowest BCUT2D eigenvalue weighted by atomic mass is 10.1. The SMILES string of the molecule is CC(=O)OCC(F)(F)C(F)(F)C(F)(F)C(F)F. The van der Waals surface area contributed by atoms with Crippen molar-refractivity contribution in [1.29, 1.82) is 0 Å². The molecule has 0 unspecified atom stereocenters. The molecule has 102 valence electrons. The molecule has 0 saturated carbocycles. The number of ether oxygens (including phenoxy) is 1. The lowest BCUT2D eigenvalue weighted by molar-refractivity contribution is -0.344. The number of rotatable bonds is 5. The highest BCUT2D eigenvalue weighted by Gasteiger charge is 2.75. The second-order valence-corrected chi connectivity index (χ2v) is 2.98. The van der Waals surface area contributed by atoms with Crippen LogP contribution in [0.2, 0.25) is 0 Å². The first-order valence-corrected chi connectivity index (χ1v) is 3.91. The van der Waals surface area contributed by atoms with Crippen LogP contribution in [0.5, 0.6) is 0 Å². The number of esters is 1. The van der Waals surface area contributed by atoms with Gasteiger partial charge in [0.25, 0.3) is 0 Å². The molecule has 10 heteroatoms. The van der Waals surface area contributed by atoms with Crippen LogP contribution in [0.1, 0.15) is 6.92 Å². The first-order valence-electron chi connectivity index (χ1n) is 3.91. The first kappa shape index (κ1) is 15.9. The van der Waals surface area contributed by atoms with E-state index in [0.29, 0.717) is 6.92 Å². The number of hydrogen-bond acceptors (Lipinski definition) is 2. The molecule has 0 heterocycles. The Hall–Kier alpha value is -1.09. The van der Waals surface area contributed by atoms with Gasteiger partial charge in [-0.1, -0.05) is 0 Å². The zero-order valence-electron chi connectivity index (χ0n) is 8.12. The van der Waals surface area contributed by atoms with Crippen LogP contribution in [0.3, 0.4) is 0 Å². The van der Waals surface area contributed by atoms with Gasteiger partial charge in [-0.15, -0.1) is 0 Å². The Morgan fingerprint density at radius 1 is 1.12 bits per heavy atom. The Balaban J connectivity index is 5.08. The minimum Gasteiger partial charge on any atom is -0.459 e. The molecular formula is C7H6F8O2. The summed E-state index contributed by atoms with van der Waals surface area (Å²) in [5.41, 5.74) is 0. The highest BCUT2D eigenvalue weighted by Crippen LogP contribution is 2.48. The summed E-state index contributed by atoms with van der Waals surface area (Å²) in [6.07, 6.45) is -4.99. The third-order valence-corrected chi connectivity index (χ3v) is 1.61. The van der Waals surface area contributed by atoms with Crippen molar-refractivity contribution in [3.63, 3.8) is 0 Å². The smallest absolute Gasteiger partial charge is 0.381 e. The third kappa shape index (κ3) is 2.97. The molecule has 0 aromatic rings. The Kier molecular flexibility index (Phi) is 4.35. The van der Waals surface area contributed by atoms with Crippen LogP contribution in [0, 0.1) is 0 Å². The van der Waals surface area contributed by atoms with Gasteiger partial charge in [-0.2, -0.15) is 26.3 Å². The van der Waals surface area contributed by atoms with Crippen molar-refractivity contribution in [1.82, 2.24) is 0 Å². The van der Waals surface area contributed by atoms with Crippen LogP contribution >= 0.6 is 0 Å². The molecule has 0 aromatic carbocycles. The molecule has 0 fully saturated rings. The van der Waals surface area contributed by atoms with Crippen LogP contribution in [0.4, 0.5) is 35.1 Å². The molecule has 0 N–H and O–H groups in total. The lowest BCUT2D eigenvalue weighted by Gasteiger charge is -2.31. The van der Waals surface area contributed by atoms with Gasteiger partial charge in [0.1, 0.15) is 0 Å². The van der Waals surface area contributed by atoms with E-state index in [-0.39, 0.29) is 0 Å². The summed E-state index contributed by atoms with van der Waals surface area (Å²) >= 11 is 0. The van der Waals surface area contributed by atoms with Crippen LogP contribution in [0.15, 0.2) is 0 Å². The molecule has 0 aliphatic heterocycles. The van der Waals surface area contributed by atoms with Crippen molar-refractivity contribution >= 4 is 5.97 Å². The molecule has 0 radical (unpaired) electrons. The first-order chi connectivity index (χ1) is 7.36. The molecule has 2 nitrogen and oxygen atoms in total. The van der Waals surface area contributed by atoms with E-state index in [4.69, 9.17) is 0 Å². The summed E-state index contributed by atoms with van der Waals surface area (Å²) in [6, 6.07) is 0. The van der Waals surface area contributed by atoms with Gasteiger partial charge in [-0.05, 0) is 0 Å². The average molecular weight is 274 g/mol. The quantitative estimate of drug-likeness (QED) is 0.569. The molecule has 0 aliphatic rings. The maximum absolute atomic E-state index is 12.6. The monoisotopic (exact) mass is 274 g/mol. The molecule has 0 bridgehead atoms. The van der Waals surface area contributed by atoms with Gasteiger partial charge in [0, 0.05) is 6.92 Å². The zero-order chi connectivity index (χ0) is 14.1. The maximum Gasteiger partial charge on any atom is 0.381 e. The van der Waals surface area contributed by atoms with Gasteiger partial charge in [-0.25, -0.2) is 8.78 Å². The number of carbonyl (C=O) groups is 1. The van der Waals surface area contributed by atoms with Gasteiger partial charge in [0.15, 0.2) is 6.61 Å². The summed E-state index contributed by atoms with van der Waals surface area (Å²) in [5, 5.41) is 0. The molecule has 17 heavy (non-hydrogen) atoms. The fraction of sp³-hybridized carbons (Fsp3) is 0.857. The Morgan fingerprint density at radius 3 is 1.82 bits per heavy atom. The van der Waals surface area contributed by atoms with Crippen LogP contribution < -0.4 is 0 Å². The van der Waals surface area contributed by atoms with Gasteiger partial charge in [0.2, 0.25) is 0 Å². The van der Waals surface area contributed by atoms with E-state index in [2.05, 4.69) is 4.74 Å². The number of halogens is 8. The van der Waals surface area contributed by atoms with E-state index in [0.717, 1.165) is 0 Å². The van der Waals surface area contributed by atoms with Crippen molar-refractivity contribution < 1.29 is 44.7 Å². The van der Waals surface area contributed by atoms with Gasteiger partial charge in [0.05, 0.1) is 0 Å². The van der Waals surface area contributed by atoms with E-state index >= 15 is 0 Å². The van der Waals surface area contributed by atoms with Gasteiger partial charge in [-0.3, -0.25) is 4.79 Å². The largest absolute Gasteiger partial charge is 0.459 e. The molecular weight excluding hydrogens is 268 g/mol. The Morgan fingerprint density at radius 2 is 1.53 bits per heavy atom. The maximum atomic E-state index is 12.6. The van der Waals surface area contributed by atoms with E-state index in [1.807, 2.05) is 0 Å². The third-order valence-electron chi connectivity index (χ3n) is 1.61. The van der Waals surface area contributed by atoms with Gasteiger partial charge < -0.3 is 4.74 Å². The molecule has 0 saturated heterocycles. The van der Waals surface area contributed by atoms with Crippen molar-refractivity contribution in [2.45, 2.75) is 31.1 Å². The Bertz CT molecular complexity index is 288. The number of alkyl halides is 8. The molecule has 0 spiro atoms. The highest BCUT2D eigenvalue weighted by molar-refractivity contribution is 5.65. The summed E-state index contributed by atoms with van der Waals surface area (Å²) in [7, 11) is 0. The number of hydrogen-bond donors (Lipinski definition) is 0. The highest BCUT2D eigenvalue weighted by atomic mass is 19.4. The summed E-state index contributed by atoms with van der Waals surface area (Å²) in [5.74, 6) is -19.6. The number of carbonyl (C=O) groups excluding carboxylic acids is 1. The average Bonchev–Trinajstić information content (AvgIpc) is 2.14. The second-order valence-electron chi connectivity index (χ2n) is 2.98. The minimum absolute atomic E-state index is 0.555. The van der Waals surface area contributed by atoms with E-state index in [1.165, 1.54) is 0 Å². The van der Waals surface area contributed by atoms with Crippen molar-refractivity contribution in [2.24, 2.45) is 0 Å². The summed E-state index contributed by atoms with van der Waals surface area (Å²) in [4.78, 5) is 10.1. The molecule has 0 aromatic heterocycles. The van der Waals surface area contributed by atoms with Crippen molar-refractivity contribution in [2.75, 3.05) is 6.61 Å². The Labute approximate surface area is 89.5 Å². The van der Waals surface area contributed by atoms with Crippen molar-refractivity contribution in [3.05, 3.63) is 0 Å². The fourth-order valence-electron chi connectivity index (χ4n) is 0.664. The predicted octanol–water partition coefficient (Wildman–Crippen LogP) is 2.72. The minimum atomic E-state index is -6.34. The van der Waals surface area contributed by atoms with E-state index in [9.17, 15) is 39.9 Å². The van der Waals surface area contributed by atoms with Crippen LogP contribution in [0.25, 0.3) is 0 Å². The van der Waals surface area contributed by atoms with Crippen LogP contribution in [-0.4, -0.2) is 36.8 Å². The van der Waals surface area contributed by atoms with Gasteiger partial charge >= 0.3 is 30.2 Å². The topological polar surface area (TPSA) is 26.3 Å². The molecule has 0 aliphatic carbocycles. The summed E-state index contributed by atoms with van der Waals surface area (Å²) < 4.78 is 101. The lowest BCUT2D eigenvalue weighted by Crippen LogP contribution is -2.59. The predicted molar refractivity (Wildman–Crippen MR) is 37.5 cm³/mol. The van der Waals surface area contributed by atoms with Crippen molar-refractivity contribution in [3.8, 4) is 0 Å². The molecule has 0 amide bonds. The van der Waals surface area contributed by atoms with Crippen LogP contribution in [-0.2, 0) is 9.53 Å². The zero-order valence-corrected chi connectivity index (χ0v) is 8.12. The molecule has 0 rings (SSSR count). The normalized spacial score (nSPS) is 14.0. The van der Waals surface area contributed by atoms with E-state index in [1.54, 1.807) is 0 Å². The fourth-order valence-corrected chi connectivity index (χ4v) is 0.664.